The van der Waals surface area contributed by atoms with Gasteiger partial charge in [0.15, 0.2) is 5.60 Å². The molecule has 45 heavy (non-hydrogen) atoms. The Labute approximate surface area is 264 Å². The molecule has 1 aliphatic heterocycles. The molecule has 3 atom stereocenters. The smallest absolute Gasteiger partial charge is 0.336 e. The number of fused-ring (bicyclic) bond motifs is 2. The van der Waals surface area contributed by atoms with Crippen LogP contribution >= 0.6 is 0 Å². The molecule has 1 aromatic carbocycles. The van der Waals surface area contributed by atoms with E-state index in [0.717, 1.165) is 25.9 Å². The minimum absolute atomic E-state index is 0.119. The summed E-state index contributed by atoms with van der Waals surface area (Å²) in [6, 6.07) is 7.86. The van der Waals surface area contributed by atoms with Crippen molar-refractivity contribution in [2.45, 2.75) is 114 Å². The number of aliphatic hydroxyl groups is 1. The molecule has 1 aromatic heterocycles. The lowest BCUT2D eigenvalue weighted by molar-refractivity contribution is -0.170. The molecule has 1 saturated heterocycles. The number of carbonyl (C=O) groups is 4. The van der Waals surface area contributed by atoms with Crippen LogP contribution in [-0.2, 0) is 32.1 Å². The first-order valence-electron chi connectivity index (χ1n) is 16.3. The summed E-state index contributed by atoms with van der Waals surface area (Å²) < 4.78 is 2.48. The standard InChI is InChI=1S/C28H41N3O.C6H8O7/c1-4-5-15-31-19-20-17-26-24(23-13-10-14-25(31)27(20)23)16-21(18-29(26)2)28(32)30(3)22-11-8-6-7-9-12-22;7-3(8)1-6(13,5(11)12)2-4(9)10/h10,13-14,19,21-22,24,26H,4-9,11-12,15-18H2,1-3H3;13H,1-2H2,(H,7,8)(H,9,10)(H,11,12)/t21-,24?,26-;/m1./s1. The summed E-state index contributed by atoms with van der Waals surface area (Å²) in [4.78, 5) is 48.8. The first kappa shape index (κ1) is 34.4. The first-order valence-corrected chi connectivity index (χ1v) is 16.3. The van der Waals surface area contributed by atoms with E-state index in [-0.39, 0.29) is 5.92 Å². The number of carboxylic acids is 3. The van der Waals surface area contributed by atoms with Crippen molar-refractivity contribution in [1.29, 1.82) is 0 Å². The van der Waals surface area contributed by atoms with Gasteiger partial charge in [0, 0.05) is 55.2 Å². The van der Waals surface area contributed by atoms with Gasteiger partial charge in [0.2, 0.25) is 5.91 Å². The average Bonchev–Trinajstić information content (AvgIpc) is 3.14. The number of carbonyl (C=O) groups excluding carboxylic acids is 1. The number of likely N-dealkylation sites (N-methyl/N-ethyl adjacent to an activating group) is 1. The highest BCUT2D eigenvalue weighted by Crippen LogP contribution is 2.45. The molecule has 1 amide bonds. The second-order valence-corrected chi connectivity index (χ2v) is 13.3. The van der Waals surface area contributed by atoms with Crippen LogP contribution < -0.4 is 0 Å². The Bertz CT molecular complexity index is 1360. The number of piperidine rings is 1. The highest BCUT2D eigenvalue weighted by molar-refractivity contribution is 5.90. The zero-order chi connectivity index (χ0) is 32.9. The maximum atomic E-state index is 13.6. The van der Waals surface area contributed by atoms with Crippen LogP contribution in [-0.4, -0.2) is 96.9 Å². The molecule has 11 heteroatoms. The summed E-state index contributed by atoms with van der Waals surface area (Å²) in [7, 11) is 4.33. The van der Waals surface area contributed by atoms with Crippen LogP contribution in [0.25, 0.3) is 10.9 Å². The van der Waals surface area contributed by atoms with Gasteiger partial charge in [0.05, 0.1) is 18.8 Å². The Morgan fingerprint density at radius 2 is 1.64 bits per heavy atom. The Hall–Kier alpha value is -3.44. The molecule has 2 fully saturated rings. The summed E-state index contributed by atoms with van der Waals surface area (Å²) in [5.74, 6) is -4.05. The molecule has 2 aromatic rings. The van der Waals surface area contributed by atoms with Crippen LogP contribution in [0.2, 0.25) is 0 Å². The lowest BCUT2D eigenvalue weighted by atomic mass is 9.72. The van der Waals surface area contributed by atoms with E-state index in [0.29, 0.717) is 23.9 Å². The predicted octanol–water partition coefficient (Wildman–Crippen LogP) is 4.33. The Morgan fingerprint density at radius 1 is 1.00 bits per heavy atom. The second kappa shape index (κ2) is 14.8. The SMILES string of the molecule is CCCCn1cc2c3c(cccc31)C1C[C@@H](C(=O)N(C)C3CCCCCC3)CN(C)[C@@H]1C2.O=C(O)CC(O)(CC(=O)O)C(=O)O. The Balaban J connectivity index is 0.000000302. The second-order valence-electron chi connectivity index (χ2n) is 13.3. The summed E-state index contributed by atoms with van der Waals surface area (Å²) in [6.45, 7) is 4.27. The molecule has 1 unspecified atom stereocenters. The van der Waals surface area contributed by atoms with Gasteiger partial charge in [-0.1, -0.05) is 51.2 Å². The Kier molecular flexibility index (Phi) is 11.3. The van der Waals surface area contributed by atoms with E-state index in [9.17, 15) is 19.2 Å². The summed E-state index contributed by atoms with van der Waals surface area (Å²) in [5.41, 5.74) is 1.67. The molecule has 1 saturated carbocycles. The van der Waals surface area contributed by atoms with E-state index < -0.39 is 36.4 Å². The molecule has 2 aliphatic carbocycles. The van der Waals surface area contributed by atoms with Crippen LogP contribution in [0.5, 0.6) is 0 Å². The topological polar surface area (TPSA) is 161 Å². The van der Waals surface area contributed by atoms with Crippen molar-refractivity contribution in [2.75, 3.05) is 20.6 Å². The normalized spacial score (nSPS) is 22.1. The third-order valence-electron chi connectivity index (χ3n) is 10.0. The monoisotopic (exact) mass is 627 g/mol. The third-order valence-corrected chi connectivity index (χ3v) is 10.0. The van der Waals surface area contributed by atoms with E-state index in [1.54, 1.807) is 0 Å². The largest absolute Gasteiger partial charge is 0.481 e. The van der Waals surface area contributed by atoms with Crippen molar-refractivity contribution < 1.29 is 39.6 Å². The molecule has 0 spiro atoms. The lowest BCUT2D eigenvalue weighted by Crippen LogP contribution is -2.52. The van der Waals surface area contributed by atoms with Gasteiger partial charge in [-0.05, 0) is 56.3 Å². The number of rotatable bonds is 10. The highest BCUT2D eigenvalue weighted by Gasteiger charge is 2.43. The number of aliphatic carboxylic acids is 3. The van der Waals surface area contributed by atoms with Gasteiger partial charge in [0.25, 0.3) is 0 Å². The molecular weight excluding hydrogens is 578 g/mol. The summed E-state index contributed by atoms with van der Waals surface area (Å²) >= 11 is 0. The molecule has 11 nitrogen and oxygen atoms in total. The molecule has 0 radical (unpaired) electrons. The lowest BCUT2D eigenvalue weighted by Gasteiger charge is -2.46. The third kappa shape index (κ3) is 7.87. The minimum Gasteiger partial charge on any atom is -0.481 e. The number of hydrogen-bond donors (Lipinski definition) is 4. The van der Waals surface area contributed by atoms with Crippen molar-refractivity contribution in [3.63, 3.8) is 0 Å². The van der Waals surface area contributed by atoms with Crippen molar-refractivity contribution in [3.05, 3.63) is 35.5 Å². The van der Waals surface area contributed by atoms with Crippen molar-refractivity contribution >= 4 is 34.7 Å². The van der Waals surface area contributed by atoms with Crippen LogP contribution in [0.3, 0.4) is 0 Å². The number of amides is 1. The number of unbranched alkanes of at least 4 members (excludes halogenated alkanes) is 1. The fourth-order valence-electron chi connectivity index (χ4n) is 7.64. The van der Waals surface area contributed by atoms with Gasteiger partial charge in [-0.3, -0.25) is 14.4 Å². The maximum Gasteiger partial charge on any atom is 0.336 e. The molecule has 248 valence electrons. The van der Waals surface area contributed by atoms with Crippen molar-refractivity contribution in [2.24, 2.45) is 5.92 Å². The zero-order valence-corrected chi connectivity index (χ0v) is 26.8. The Morgan fingerprint density at radius 3 is 2.22 bits per heavy atom. The van der Waals surface area contributed by atoms with Gasteiger partial charge in [0.1, 0.15) is 0 Å². The van der Waals surface area contributed by atoms with E-state index in [2.05, 4.69) is 59.8 Å². The number of benzene rings is 1. The molecule has 2 heterocycles. The average molecular weight is 628 g/mol. The van der Waals surface area contributed by atoms with E-state index in [4.69, 9.17) is 20.4 Å². The summed E-state index contributed by atoms with van der Waals surface area (Å²) in [5, 5.41) is 35.3. The first-order chi connectivity index (χ1) is 21.4. The van der Waals surface area contributed by atoms with Gasteiger partial charge in [-0.25, -0.2) is 4.79 Å². The number of nitrogens with zero attached hydrogens (tertiary/aromatic N) is 3. The molecule has 0 bridgehead atoms. The van der Waals surface area contributed by atoms with E-state index in [1.807, 2.05) is 0 Å². The number of carboxylic acid groups (broad SMARTS) is 3. The molecule has 5 rings (SSSR count). The number of likely N-dealkylation sites (tertiary alicyclic amines) is 1. The maximum absolute atomic E-state index is 13.6. The van der Waals surface area contributed by atoms with Crippen molar-refractivity contribution in [1.82, 2.24) is 14.4 Å². The van der Waals surface area contributed by atoms with Gasteiger partial charge < -0.3 is 34.8 Å². The predicted molar refractivity (Wildman–Crippen MR) is 169 cm³/mol. The highest BCUT2D eigenvalue weighted by atomic mass is 16.4. The van der Waals surface area contributed by atoms with Gasteiger partial charge >= 0.3 is 17.9 Å². The van der Waals surface area contributed by atoms with E-state index >= 15 is 0 Å². The molecular formula is C34H49N3O8. The van der Waals surface area contributed by atoms with Gasteiger partial charge in [-0.2, -0.15) is 0 Å². The van der Waals surface area contributed by atoms with Crippen LogP contribution in [0.1, 0.15) is 94.6 Å². The summed E-state index contributed by atoms with van der Waals surface area (Å²) in [6.07, 6.45) is 12.3. The van der Waals surface area contributed by atoms with Crippen LogP contribution in [0.15, 0.2) is 24.4 Å². The number of hydrogen-bond acceptors (Lipinski definition) is 6. The van der Waals surface area contributed by atoms with Crippen LogP contribution in [0, 0.1) is 5.92 Å². The minimum atomic E-state index is -2.74. The fraction of sp³-hybridized carbons (Fsp3) is 0.647. The molecule has 3 aliphatic rings. The fourth-order valence-corrected chi connectivity index (χ4v) is 7.64. The number of aryl methyl sites for hydroxylation is 1. The number of aromatic nitrogens is 1. The molecule has 4 N–H and O–H groups in total. The van der Waals surface area contributed by atoms with Gasteiger partial charge in [-0.15, -0.1) is 0 Å². The van der Waals surface area contributed by atoms with E-state index in [1.165, 1.54) is 73.4 Å². The quantitative estimate of drug-likeness (QED) is 0.281. The van der Waals surface area contributed by atoms with Crippen LogP contribution in [0.4, 0.5) is 0 Å². The van der Waals surface area contributed by atoms with Crippen molar-refractivity contribution in [3.8, 4) is 0 Å². The zero-order valence-electron chi connectivity index (χ0n) is 26.8.